The molecule has 0 amide bonds. The molecule has 0 aromatic heterocycles. The molecule has 0 aromatic carbocycles. The predicted molar refractivity (Wildman–Crippen MR) is 54.4 cm³/mol. The Morgan fingerprint density at radius 3 is 2.62 bits per heavy atom. The fourth-order valence-electron chi connectivity index (χ4n) is 1.00. The highest BCUT2D eigenvalue weighted by Crippen LogP contribution is 1.89. The summed E-state index contributed by atoms with van der Waals surface area (Å²) in [6, 6.07) is 0. The molecule has 0 heterocycles. The Morgan fingerprint density at radius 1 is 1.54 bits per heavy atom. The second kappa shape index (κ2) is 7.82. The van der Waals surface area contributed by atoms with Crippen LogP contribution in [0.25, 0.3) is 0 Å². The van der Waals surface area contributed by atoms with Crippen LogP contribution in [-0.2, 0) is 4.74 Å². The van der Waals surface area contributed by atoms with Gasteiger partial charge in [0.05, 0.1) is 6.61 Å². The van der Waals surface area contributed by atoms with Crippen LogP contribution in [0.4, 0.5) is 0 Å². The number of guanidine groups is 1. The fraction of sp³-hybridized carbons (Fsp3) is 0.875. The highest BCUT2D eigenvalue weighted by molar-refractivity contribution is 5.79. The number of methoxy groups -OCH3 is 1. The summed E-state index contributed by atoms with van der Waals surface area (Å²) in [6.07, 6.45) is 0. The number of likely N-dealkylation sites (N-methyl/N-ethyl adjacent to an activating group) is 1. The van der Waals surface area contributed by atoms with Crippen molar-refractivity contribution in [2.75, 3.05) is 33.4 Å². The molecule has 0 spiro atoms. The Labute approximate surface area is 79.9 Å². The number of rotatable bonds is 5. The minimum atomic E-state index is 0.679. The monoisotopic (exact) mass is 188 g/mol. The number of nitrogens with two attached hydrogens (primary N) is 1. The SMILES string of the molecule is CCN=C(NN)N(CC)CCOC. The molecule has 0 saturated heterocycles. The first-order valence-corrected chi connectivity index (χ1v) is 4.55. The highest BCUT2D eigenvalue weighted by atomic mass is 16.5. The van der Waals surface area contributed by atoms with Gasteiger partial charge in [-0.2, -0.15) is 0 Å². The van der Waals surface area contributed by atoms with Gasteiger partial charge in [-0.25, -0.2) is 5.84 Å². The van der Waals surface area contributed by atoms with Gasteiger partial charge in [-0.05, 0) is 13.8 Å². The van der Waals surface area contributed by atoms with E-state index < -0.39 is 0 Å². The molecule has 0 aliphatic heterocycles. The Balaban J connectivity index is 4.08. The van der Waals surface area contributed by atoms with Gasteiger partial charge in [0.15, 0.2) is 0 Å². The lowest BCUT2D eigenvalue weighted by atomic mass is 10.5. The number of nitrogens with zero attached hydrogens (tertiary/aromatic N) is 2. The maximum Gasteiger partial charge on any atom is 0.208 e. The summed E-state index contributed by atoms with van der Waals surface area (Å²) in [6.45, 7) is 7.10. The van der Waals surface area contributed by atoms with Gasteiger partial charge in [0.25, 0.3) is 0 Å². The lowest BCUT2D eigenvalue weighted by molar-refractivity contribution is 0.176. The molecule has 13 heavy (non-hydrogen) atoms. The average molecular weight is 188 g/mol. The second-order valence-electron chi connectivity index (χ2n) is 2.51. The van der Waals surface area contributed by atoms with Crippen molar-refractivity contribution in [1.29, 1.82) is 0 Å². The highest BCUT2D eigenvalue weighted by Gasteiger charge is 2.05. The van der Waals surface area contributed by atoms with E-state index in [2.05, 4.69) is 17.3 Å². The molecule has 0 fully saturated rings. The summed E-state index contributed by atoms with van der Waals surface area (Å²) in [5, 5.41) is 0. The predicted octanol–water partition coefficient (Wildman–Crippen LogP) is -0.206. The van der Waals surface area contributed by atoms with Gasteiger partial charge < -0.3 is 9.64 Å². The van der Waals surface area contributed by atoms with E-state index in [0.29, 0.717) is 6.61 Å². The largest absolute Gasteiger partial charge is 0.383 e. The second-order valence-corrected chi connectivity index (χ2v) is 2.51. The number of hydrogen-bond donors (Lipinski definition) is 2. The van der Waals surface area contributed by atoms with Crippen LogP contribution in [0.2, 0.25) is 0 Å². The van der Waals surface area contributed by atoms with Crippen molar-refractivity contribution in [1.82, 2.24) is 10.3 Å². The number of ether oxygens (including phenoxy) is 1. The summed E-state index contributed by atoms with van der Waals surface area (Å²) in [5.74, 6) is 6.07. The van der Waals surface area contributed by atoms with Gasteiger partial charge in [-0.1, -0.05) is 0 Å². The number of nitrogens with one attached hydrogen (secondary N) is 1. The van der Waals surface area contributed by atoms with Crippen LogP contribution in [0.15, 0.2) is 4.99 Å². The van der Waals surface area contributed by atoms with Crippen LogP contribution in [-0.4, -0.2) is 44.2 Å². The lowest BCUT2D eigenvalue weighted by Crippen LogP contribution is -2.46. The minimum absolute atomic E-state index is 0.679. The molecule has 0 aromatic rings. The van der Waals surface area contributed by atoms with Crippen molar-refractivity contribution >= 4 is 5.96 Å². The van der Waals surface area contributed by atoms with Crippen molar-refractivity contribution in [2.24, 2.45) is 10.8 Å². The maximum absolute atomic E-state index is 5.34. The Bertz CT molecular complexity index is 149. The van der Waals surface area contributed by atoms with Crippen LogP contribution >= 0.6 is 0 Å². The van der Waals surface area contributed by atoms with Gasteiger partial charge in [0.1, 0.15) is 0 Å². The summed E-state index contributed by atoms with van der Waals surface area (Å²) >= 11 is 0. The van der Waals surface area contributed by atoms with Crippen LogP contribution in [0.3, 0.4) is 0 Å². The van der Waals surface area contributed by atoms with E-state index in [0.717, 1.165) is 25.6 Å². The molecular formula is C8H20N4O. The third kappa shape index (κ3) is 4.69. The first kappa shape index (κ1) is 12.2. The van der Waals surface area contributed by atoms with Crippen molar-refractivity contribution in [3.05, 3.63) is 0 Å². The molecule has 0 rings (SSSR count). The molecule has 5 nitrogen and oxygen atoms in total. The fourth-order valence-corrected chi connectivity index (χ4v) is 1.00. The quantitative estimate of drug-likeness (QED) is 0.271. The van der Waals surface area contributed by atoms with E-state index in [1.165, 1.54) is 0 Å². The Hall–Kier alpha value is -0.810. The van der Waals surface area contributed by atoms with Gasteiger partial charge in [0.2, 0.25) is 5.96 Å². The zero-order valence-electron chi connectivity index (χ0n) is 8.71. The van der Waals surface area contributed by atoms with Crippen LogP contribution in [0, 0.1) is 0 Å². The summed E-state index contributed by atoms with van der Waals surface area (Å²) in [5.41, 5.74) is 2.58. The first-order chi connectivity index (χ1) is 6.29. The Morgan fingerprint density at radius 2 is 2.23 bits per heavy atom. The minimum Gasteiger partial charge on any atom is -0.383 e. The van der Waals surface area contributed by atoms with Gasteiger partial charge in [-0.3, -0.25) is 10.4 Å². The van der Waals surface area contributed by atoms with Crippen molar-refractivity contribution in [3.8, 4) is 0 Å². The average Bonchev–Trinajstić information content (AvgIpc) is 2.17. The normalized spacial score (nSPS) is 11.5. The van der Waals surface area contributed by atoms with Gasteiger partial charge in [0, 0.05) is 26.7 Å². The molecule has 0 saturated carbocycles. The number of hydrazine groups is 1. The number of hydrogen-bond acceptors (Lipinski definition) is 3. The van der Waals surface area contributed by atoms with Crippen molar-refractivity contribution < 1.29 is 4.74 Å². The standard InChI is InChI=1S/C8H20N4O/c1-4-10-8(11-9)12(5-2)6-7-13-3/h4-7,9H2,1-3H3,(H,10,11). The molecule has 78 valence electrons. The van der Waals surface area contributed by atoms with Crippen LogP contribution in [0.5, 0.6) is 0 Å². The van der Waals surface area contributed by atoms with E-state index in [1.54, 1.807) is 7.11 Å². The first-order valence-electron chi connectivity index (χ1n) is 4.55. The smallest absolute Gasteiger partial charge is 0.208 e. The van der Waals surface area contributed by atoms with Gasteiger partial charge >= 0.3 is 0 Å². The van der Waals surface area contributed by atoms with Crippen molar-refractivity contribution in [2.45, 2.75) is 13.8 Å². The van der Waals surface area contributed by atoms with Crippen LogP contribution in [0.1, 0.15) is 13.8 Å². The lowest BCUT2D eigenvalue weighted by Gasteiger charge is -2.23. The van der Waals surface area contributed by atoms with E-state index >= 15 is 0 Å². The topological polar surface area (TPSA) is 62.9 Å². The van der Waals surface area contributed by atoms with E-state index in [9.17, 15) is 0 Å². The molecular weight excluding hydrogens is 168 g/mol. The zero-order chi connectivity index (χ0) is 10.1. The number of aliphatic imine (C=N–C) groups is 1. The zero-order valence-corrected chi connectivity index (χ0v) is 8.71. The summed E-state index contributed by atoms with van der Waals surface area (Å²) < 4.78 is 4.98. The Kier molecular flexibility index (Phi) is 7.33. The molecule has 0 radical (unpaired) electrons. The summed E-state index contributed by atoms with van der Waals surface area (Å²) in [4.78, 5) is 6.25. The molecule has 0 atom stereocenters. The van der Waals surface area contributed by atoms with E-state index in [1.807, 2.05) is 11.8 Å². The van der Waals surface area contributed by atoms with E-state index in [4.69, 9.17) is 10.6 Å². The third-order valence-electron chi connectivity index (χ3n) is 1.68. The molecule has 0 aliphatic carbocycles. The molecule has 0 unspecified atom stereocenters. The van der Waals surface area contributed by atoms with Gasteiger partial charge in [-0.15, -0.1) is 0 Å². The molecule has 3 N–H and O–H groups in total. The summed E-state index contributed by atoms with van der Waals surface area (Å²) in [7, 11) is 1.68. The van der Waals surface area contributed by atoms with E-state index in [-0.39, 0.29) is 0 Å². The third-order valence-corrected chi connectivity index (χ3v) is 1.68. The molecule has 0 aliphatic rings. The molecule has 5 heteroatoms. The maximum atomic E-state index is 5.34. The molecule has 0 bridgehead atoms. The van der Waals surface area contributed by atoms with Crippen molar-refractivity contribution in [3.63, 3.8) is 0 Å². The van der Waals surface area contributed by atoms with Crippen LogP contribution < -0.4 is 11.3 Å².